The number of ether oxygens (including phenoxy) is 1. The number of nitrogens with zero attached hydrogens (tertiary/aromatic N) is 2. The van der Waals surface area contributed by atoms with Crippen molar-refractivity contribution in [2.75, 3.05) is 7.11 Å². The highest BCUT2D eigenvalue weighted by Crippen LogP contribution is 2.29. The fourth-order valence-corrected chi connectivity index (χ4v) is 4.28. The maximum atomic E-state index is 14.3. The summed E-state index contributed by atoms with van der Waals surface area (Å²) in [6.45, 7) is 10.8. The number of hydrogen-bond acceptors (Lipinski definition) is 4. The Kier molecular flexibility index (Phi) is 14.1. The molecule has 6 nitrogen and oxygen atoms in total. The van der Waals surface area contributed by atoms with Crippen molar-refractivity contribution in [1.82, 2.24) is 9.13 Å². The number of methoxy groups -OCH3 is 1. The molecule has 198 valence electrons. The van der Waals surface area contributed by atoms with E-state index in [9.17, 15) is 14.0 Å². The summed E-state index contributed by atoms with van der Waals surface area (Å²) < 4.78 is 21.1. The van der Waals surface area contributed by atoms with Crippen molar-refractivity contribution in [2.45, 2.75) is 73.4 Å². The summed E-state index contributed by atoms with van der Waals surface area (Å²) in [5.74, 6) is 0.660. The van der Waals surface area contributed by atoms with Crippen LogP contribution >= 0.6 is 0 Å². The second-order valence-corrected chi connectivity index (χ2v) is 8.63. The van der Waals surface area contributed by atoms with Crippen LogP contribution in [0.1, 0.15) is 77.1 Å². The molecule has 0 unspecified atom stereocenters. The number of carbonyl (C=O) groups excluding carboxylic acids is 1. The van der Waals surface area contributed by atoms with Gasteiger partial charge in [0.1, 0.15) is 5.82 Å². The van der Waals surface area contributed by atoms with E-state index >= 15 is 0 Å². The standard InChI is InChI=1S/C25H31FN2O2.C2H4O2.C2H6/c1-4-8-21-23(9-5-2)27(17-20-10-6-7-11-22(20)26)25(30)28(24(21)29)16-19-14-12-18(3)13-15-19;1-4-2-3;1-2/h4-11,18-19H,12-17H2,1-3H3;2H,1H3;1-2H3/b8-4-,9-5-;;. The number of rotatable bonds is 7. The lowest BCUT2D eigenvalue weighted by atomic mass is 9.83. The molecule has 1 aromatic carbocycles. The van der Waals surface area contributed by atoms with Gasteiger partial charge in [0.15, 0.2) is 0 Å². The predicted molar refractivity (Wildman–Crippen MR) is 145 cm³/mol. The summed E-state index contributed by atoms with van der Waals surface area (Å²) in [5.41, 5.74) is 0.768. The molecule has 0 aliphatic heterocycles. The lowest BCUT2D eigenvalue weighted by molar-refractivity contribution is -0.126. The van der Waals surface area contributed by atoms with Crippen LogP contribution in [0.4, 0.5) is 4.39 Å². The van der Waals surface area contributed by atoms with E-state index in [-0.39, 0.29) is 23.6 Å². The molecule has 0 spiro atoms. The van der Waals surface area contributed by atoms with Crippen molar-refractivity contribution in [3.63, 3.8) is 0 Å². The van der Waals surface area contributed by atoms with Gasteiger partial charge in [-0.25, -0.2) is 9.18 Å². The van der Waals surface area contributed by atoms with Crippen LogP contribution < -0.4 is 11.2 Å². The first kappa shape index (κ1) is 30.8. The molecule has 2 aromatic rings. The summed E-state index contributed by atoms with van der Waals surface area (Å²) in [5, 5.41) is 0. The zero-order chi connectivity index (χ0) is 27.1. The van der Waals surface area contributed by atoms with E-state index in [1.165, 1.54) is 22.3 Å². The van der Waals surface area contributed by atoms with Gasteiger partial charge in [-0.3, -0.25) is 18.7 Å². The molecular weight excluding hydrogens is 459 g/mol. The Bertz CT molecular complexity index is 1120. The van der Waals surface area contributed by atoms with Crippen molar-refractivity contribution in [3.8, 4) is 0 Å². The topological polar surface area (TPSA) is 70.3 Å². The summed E-state index contributed by atoms with van der Waals surface area (Å²) in [4.78, 5) is 35.7. The quantitative estimate of drug-likeness (QED) is 0.444. The Balaban J connectivity index is 0.000000982. The van der Waals surface area contributed by atoms with Crippen LogP contribution in [-0.2, 0) is 22.6 Å². The number of halogens is 1. The van der Waals surface area contributed by atoms with Crippen LogP contribution in [0.15, 0.2) is 46.0 Å². The van der Waals surface area contributed by atoms with Gasteiger partial charge in [0.05, 0.1) is 24.9 Å². The van der Waals surface area contributed by atoms with Gasteiger partial charge in [-0.15, -0.1) is 0 Å². The highest BCUT2D eigenvalue weighted by Gasteiger charge is 2.23. The monoisotopic (exact) mass is 500 g/mol. The highest BCUT2D eigenvalue weighted by molar-refractivity contribution is 5.61. The fraction of sp³-hybridized carbons (Fsp3) is 0.483. The third kappa shape index (κ3) is 8.47. The van der Waals surface area contributed by atoms with Gasteiger partial charge in [0.25, 0.3) is 12.0 Å². The smallest absolute Gasteiger partial charge is 0.331 e. The molecule has 36 heavy (non-hydrogen) atoms. The van der Waals surface area contributed by atoms with Crippen LogP contribution in [0.3, 0.4) is 0 Å². The Morgan fingerprint density at radius 3 is 2.11 bits per heavy atom. The average Bonchev–Trinajstić information content (AvgIpc) is 2.90. The van der Waals surface area contributed by atoms with Crippen molar-refractivity contribution in [1.29, 1.82) is 0 Å². The first-order valence-electron chi connectivity index (χ1n) is 12.7. The van der Waals surface area contributed by atoms with Gasteiger partial charge in [-0.2, -0.15) is 0 Å². The molecular formula is C29H41FN2O4. The lowest BCUT2D eigenvalue weighted by Crippen LogP contribution is -2.44. The predicted octanol–water partition coefficient (Wildman–Crippen LogP) is 5.91. The fourth-order valence-electron chi connectivity index (χ4n) is 4.28. The Labute approximate surface area is 214 Å². The maximum absolute atomic E-state index is 14.3. The molecule has 1 aromatic heterocycles. The Morgan fingerprint density at radius 2 is 1.58 bits per heavy atom. The van der Waals surface area contributed by atoms with Crippen molar-refractivity contribution in [2.24, 2.45) is 11.8 Å². The van der Waals surface area contributed by atoms with E-state index in [1.54, 1.807) is 42.5 Å². The van der Waals surface area contributed by atoms with E-state index in [2.05, 4.69) is 11.7 Å². The molecule has 0 saturated heterocycles. The molecule has 1 aliphatic carbocycles. The first-order chi connectivity index (χ1) is 17.4. The van der Waals surface area contributed by atoms with Crippen LogP contribution in [0.5, 0.6) is 0 Å². The zero-order valence-electron chi connectivity index (χ0n) is 22.5. The normalized spacial score (nSPS) is 17.2. The second-order valence-electron chi connectivity index (χ2n) is 8.63. The molecule has 0 N–H and O–H groups in total. The van der Waals surface area contributed by atoms with E-state index in [0.29, 0.717) is 41.7 Å². The number of hydrogen-bond donors (Lipinski definition) is 0. The summed E-state index contributed by atoms with van der Waals surface area (Å²) in [6, 6.07) is 6.45. The van der Waals surface area contributed by atoms with E-state index in [4.69, 9.17) is 4.79 Å². The van der Waals surface area contributed by atoms with Crippen molar-refractivity contribution < 1.29 is 13.9 Å². The van der Waals surface area contributed by atoms with Gasteiger partial charge < -0.3 is 4.74 Å². The van der Waals surface area contributed by atoms with Crippen LogP contribution in [0.2, 0.25) is 0 Å². The molecule has 3 rings (SSSR count). The minimum absolute atomic E-state index is 0.0811. The number of benzene rings is 1. The molecule has 0 bridgehead atoms. The van der Waals surface area contributed by atoms with Gasteiger partial charge >= 0.3 is 5.69 Å². The summed E-state index contributed by atoms with van der Waals surface area (Å²) >= 11 is 0. The molecule has 1 aliphatic rings. The van der Waals surface area contributed by atoms with E-state index in [1.807, 2.05) is 27.7 Å². The van der Waals surface area contributed by atoms with E-state index < -0.39 is 0 Å². The van der Waals surface area contributed by atoms with Crippen molar-refractivity contribution >= 4 is 18.6 Å². The number of aromatic nitrogens is 2. The Hall–Kier alpha value is -3.22. The van der Waals surface area contributed by atoms with Gasteiger partial charge in [0.2, 0.25) is 0 Å². The van der Waals surface area contributed by atoms with Gasteiger partial charge in [-0.05, 0) is 50.7 Å². The van der Waals surface area contributed by atoms with Crippen LogP contribution in [0.25, 0.3) is 12.2 Å². The maximum Gasteiger partial charge on any atom is 0.331 e. The second kappa shape index (κ2) is 16.5. The number of carbonyl (C=O) groups is 1. The van der Waals surface area contributed by atoms with E-state index in [0.717, 1.165) is 25.7 Å². The van der Waals surface area contributed by atoms with Gasteiger partial charge in [-0.1, -0.05) is 70.0 Å². The van der Waals surface area contributed by atoms with Crippen LogP contribution in [0, 0.1) is 17.7 Å². The van der Waals surface area contributed by atoms with Gasteiger partial charge in [0, 0.05) is 12.1 Å². The molecule has 0 amide bonds. The summed E-state index contributed by atoms with van der Waals surface area (Å²) in [7, 11) is 1.31. The SMILES string of the molecule is C/C=C\c1c(/C=C\C)n(Cc2ccccc2F)c(=O)n(CC2CCC(C)CC2)c1=O.CC.COC=O. The number of allylic oxidation sites excluding steroid dienone is 2. The molecule has 0 atom stereocenters. The van der Waals surface area contributed by atoms with Crippen LogP contribution in [-0.4, -0.2) is 22.7 Å². The average molecular weight is 501 g/mol. The third-order valence-corrected chi connectivity index (χ3v) is 6.12. The molecule has 1 saturated carbocycles. The third-order valence-electron chi connectivity index (χ3n) is 6.12. The molecule has 1 fully saturated rings. The minimum atomic E-state index is -0.372. The summed E-state index contributed by atoms with van der Waals surface area (Å²) in [6.07, 6.45) is 11.4. The first-order valence-corrected chi connectivity index (χ1v) is 12.7. The lowest BCUT2D eigenvalue weighted by Gasteiger charge is -2.27. The molecule has 0 radical (unpaired) electrons. The highest BCUT2D eigenvalue weighted by atomic mass is 19.1. The molecule has 7 heteroatoms. The molecule has 1 heterocycles. The largest absolute Gasteiger partial charge is 0.471 e. The van der Waals surface area contributed by atoms with Crippen molar-refractivity contribution in [3.05, 3.63) is 79.9 Å². The minimum Gasteiger partial charge on any atom is -0.471 e. The zero-order valence-corrected chi connectivity index (χ0v) is 22.5. The Morgan fingerprint density at radius 1 is 1.00 bits per heavy atom.